The van der Waals surface area contributed by atoms with E-state index in [1.807, 2.05) is 18.4 Å². The highest BCUT2D eigenvalue weighted by Gasteiger charge is 2.13. The summed E-state index contributed by atoms with van der Waals surface area (Å²) >= 11 is 5.66. The molecule has 0 atom stereocenters. The molecule has 1 aliphatic rings. The molecule has 1 nitrogen and oxygen atoms in total. The molecular weight excluding hydrogens is 134 g/mol. The van der Waals surface area contributed by atoms with Crippen LogP contribution in [0.5, 0.6) is 0 Å². The molecule has 9 heavy (non-hydrogen) atoms. The second kappa shape index (κ2) is 2.07. The molecule has 1 N–H and O–H groups in total. The van der Waals surface area contributed by atoms with Gasteiger partial charge in [0.2, 0.25) is 0 Å². The van der Waals surface area contributed by atoms with Crippen LogP contribution in [0.3, 0.4) is 0 Å². The average molecular weight is 144 g/mol. The highest BCUT2D eigenvalue weighted by molar-refractivity contribution is 6.31. The molecule has 0 aromatic carbocycles. The van der Waals surface area contributed by atoms with Crippen molar-refractivity contribution >= 4 is 11.6 Å². The van der Waals surface area contributed by atoms with Gasteiger partial charge in [-0.1, -0.05) is 17.7 Å². The van der Waals surface area contributed by atoms with E-state index in [-0.39, 0.29) is 5.54 Å². The first kappa shape index (κ1) is 6.69. The van der Waals surface area contributed by atoms with Crippen LogP contribution in [-0.2, 0) is 0 Å². The molecule has 0 aromatic heterocycles. The van der Waals surface area contributed by atoms with Crippen LogP contribution < -0.4 is 5.32 Å². The molecule has 50 valence electrons. The lowest BCUT2D eigenvalue weighted by atomic mass is 10.0. The SMILES string of the molecule is CC1(C)C=CC(Cl)=CN1. The van der Waals surface area contributed by atoms with E-state index in [1.54, 1.807) is 0 Å². The van der Waals surface area contributed by atoms with Crippen LogP contribution in [0.15, 0.2) is 23.4 Å². The van der Waals surface area contributed by atoms with Gasteiger partial charge in [-0.2, -0.15) is 0 Å². The van der Waals surface area contributed by atoms with E-state index in [4.69, 9.17) is 11.6 Å². The Morgan fingerprint density at radius 3 is 2.56 bits per heavy atom. The topological polar surface area (TPSA) is 12.0 Å². The van der Waals surface area contributed by atoms with Gasteiger partial charge in [0.1, 0.15) is 0 Å². The zero-order valence-electron chi connectivity index (χ0n) is 5.61. The van der Waals surface area contributed by atoms with Gasteiger partial charge in [-0.15, -0.1) is 0 Å². The van der Waals surface area contributed by atoms with Gasteiger partial charge in [-0.05, 0) is 19.9 Å². The monoisotopic (exact) mass is 143 g/mol. The average Bonchev–Trinajstić information content (AvgIpc) is 1.78. The summed E-state index contributed by atoms with van der Waals surface area (Å²) in [5.41, 5.74) is 0.0678. The molecule has 0 bridgehead atoms. The van der Waals surface area contributed by atoms with Crippen LogP contribution in [0.2, 0.25) is 0 Å². The number of hydrogen-bond donors (Lipinski definition) is 1. The van der Waals surface area contributed by atoms with Gasteiger partial charge < -0.3 is 5.32 Å². The third-order valence-electron chi connectivity index (χ3n) is 1.24. The highest BCUT2D eigenvalue weighted by atomic mass is 35.5. The largest absolute Gasteiger partial charge is 0.381 e. The number of rotatable bonds is 0. The molecule has 0 spiro atoms. The zero-order valence-corrected chi connectivity index (χ0v) is 6.37. The van der Waals surface area contributed by atoms with Crippen molar-refractivity contribution in [1.29, 1.82) is 0 Å². The van der Waals surface area contributed by atoms with Gasteiger partial charge in [0.25, 0.3) is 0 Å². The quantitative estimate of drug-likeness (QED) is 0.547. The van der Waals surface area contributed by atoms with Crippen LogP contribution in [0, 0.1) is 0 Å². The van der Waals surface area contributed by atoms with E-state index in [0.29, 0.717) is 0 Å². The van der Waals surface area contributed by atoms with Gasteiger partial charge in [0, 0.05) is 11.7 Å². The van der Waals surface area contributed by atoms with Gasteiger partial charge in [0.05, 0.1) is 5.03 Å². The molecule has 0 amide bonds. The third-order valence-corrected chi connectivity index (χ3v) is 1.48. The van der Waals surface area contributed by atoms with E-state index in [9.17, 15) is 0 Å². The minimum Gasteiger partial charge on any atom is -0.381 e. The fraction of sp³-hybridized carbons (Fsp3) is 0.429. The number of allylic oxidation sites excluding steroid dienone is 2. The first-order valence-electron chi connectivity index (χ1n) is 2.93. The summed E-state index contributed by atoms with van der Waals surface area (Å²) in [6, 6.07) is 0. The molecule has 1 rings (SSSR count). The van der Waals surface area contributed by atoms with Crippen LogP contribution in [-0.4, -0.2) is 5.54 Å². The molecule has 2 heteroatoms. The Labute approximate surface area is 60.4 Å². The van der Waals surface area contributed by atoms with Crippen molar-refractivity contribution in [2.45, 2.75) is 19.4 Å². The number of dihydropyridines is 1. The second-order valence-electron chi connectivity index (χ2n) is 2.73. The fourth-order valence-corrected chi connectivity index (χ4v) is 0.757. The predicted octanol–water partition coefficient (Wildman–Crippen LogP) is 2.00. The zero-order chi connectivity index (χ0) is 6.91. The lowest BCUT2D eigenvalue weighted by molar-refractivity contribution is 0.546. The van der Waals surface area contributed by atoms with Crippen molar-refractivity contribution in [3.8, 4) is 0 Å². The Balaban J connectivity index is 2.70. The number of nitrogens with one attached hydrogen (secondary N) is 1. The normalized spacial score (nSPS) is 22.8. The molecule has 1 heterocycles. The smallest absolute Gasteiger partial charge is 0.0560 e. The Kier molecular flexibility index (Phi) is 1.54. The summed E-state index contributed by atoms with van der Waals surface area (Å²) < 4.78 is 0. The molecule has 0 aliphatic carbocycles. The summed E-state index contributed by atoms with van der Waals surface area (Å²) in [4.78, 5) is 0. The Morgan fingerprint density at radius 2 is 2.22 bits per heavy atom. The van der Waals surface area contributed by atoms with Crippen molar-refractivity contribution in [3.05, 3.63) is 23.4 Å². The van der Waals surface area contributed by atoms with Crippen molar-refractivity contribution in [2.24, 2.45) is 0 Å². The van der Waals surface area contributed by atoms with E-state index in [2.05, 4.69) is 19.2 Å². The number of hydrogen-bond acceptors (Lipinski definition) is 1. The molecule has 1 aliphatic heterocycles. The summed E-state index contributed by atoms with van der Waals surface area (Å²) in [5.74, 6) is 0. The van der Waals surface area contributed by atoms with E-state index in [0.717, 1.165) is 5.03 Å². The van der Waals surface area contributed by atoms with Crippen molar-refractivity contribution < 1.29 is 0 Å². The van der Waals surface area contributed by atoms with Crippen LogP contribution in [0.25, 0.3) is 0 Å². The van der Waals surface area contributed by atoms with Gasteiger partial charge in [-0.3, -0.25) is 0 Å². The maximum absolute atomic E-state index is 5.66. The molecular formula is C7H10ClN. The Hall–Kier alpha value is -0.430. The maximum atomic E-state index is 5.66. The Bertz CT molecular complexity index is 168. The molecule has 0 saturated heterocycles. The Morgan fingerprint density at radius 1 is 1.56 bits per heavy atom. The minimum absolute atomic E-state index is 0.0678. The molecule has 0 saturated carbocycles. The summed E-state index contributed by atoms with van der Waals surface area (Å²) in [6.45, 7) is 4.17. The van der Waals surface area contributed by atoms with Crippen LogP contribution in [0.1, 0.15) is 13.8 Å². The summed E-state index contributed by atoms with van der Waals surface area (Å²) in [5, 5.41) is 3.89. The highest BCUT2D eigenvalue weighted by Crippen LogP contribution is 2.14. The lowest BCUT2D eigenvalue weighted by Gasteiger charge is -2.23. The minimum atomic E-state index is 0.0678. The van der Waals surface area contributed by atoms with Crippen molar-refractivity contribution in [2.75, 3.05) is 0 Å². The maximum Gasteiger partial charge on any atom is 0.0560 e. The van der Waals surface area contributed by atoms with E-state index in [1.165, 1.54) is 0 Å². The molecule has 0 aromatic rings. The van der Waals surface area contributed by atoms with E-state index < -0.39 is 0 Å². The van der Waals surface area contributed by atoms with Crippen molar-refractivity contribution in [3.63, 3.8) is 0 Å². The first-order valence-corrected chi connectivity index (χ1v) is 3.30. The fourth-order valence-electron chi connectivity index (χ4n) is 0.639. The second-order valence-corrected chi connectivity index (χ2v) is 3.17. The lowest BCUT2D eigenvalue weighted by Crippen LogP contribution is -2.34. The van der Waals surface area contributed by atoms with Crippen molar-refractivity contribution in [1.82, 2.24) is 5.32 Å². The first-order chi connectivity index (χ1) is 4.10. The van der Waals surface area contributed by atoms with E-state index >= 15 is 0 Å². The summed E-state index contributed by atoms with van der Waals surface area (Å²) in [7, 11) is 0. The third kappa shape index (κ3) is 1.75. The molecule has 0 radical (unpaired) electrons. The molecule has 0 unspecified atom stereocenters. The standard InChI is InChI=1S/C7H10ClN/c1-7(2)4-3-6(8)5-9-7/h3-5,9H,1-2H3. The van der Waals surface area contributed by atoms with Crippen LogP contribution in [0.4, 0.5) is 0 Å². The molecule has 0 fully saturated rings. The van der Waals surface area contributed by atoms with Gasteiger partial charge >= 0.3 is 0 Å². The predicted molar refractivity (Wildman–Crippen MR) is 40.3 cm³/mol. The summed E-state index contributed by atoms with van der Waals surface area (Å²) in [6.07, 6.45) is 5.74. The van der Waals surface area contributed by atoms with Gasteiger partial charge in [0.15, 0.2) is 0 Å². The van der Waals surface area contributed by atoms with Crippen LogP contribution >= 0.6 is 11.6 Å². The van der Waals surface area contributed by atoms with Gasteiger partial charge in [-0.25, -0.2) is 0 Å². The number of halogens is 1.